The van der Waals surface area contributed by atoms with E-state index in [2.05, 4.69) is 20.0 Å². The third-order valence-electron chi connectivity index (χ3n) is 4.63. The Morgan fingerprint density at radius 2 is 2.15 bits per heavy atom. The Labute approximate surface area is 150 Å². The monoisotopic (exact) mass is 351 g/mol. The van der Waals surface area contributed by atoms with Gasteiger partial charge < -0.3 is 9.72 Å². The highest BCUT2D eigenvalue weighted by atomic mass is 16.5. The van der Waals surface area contributed by atoms with Crippen LogP contribution in [0.25, 0.3) is 11.0 Å². The van der Waals surface area contributed by atoms with Gasteiger partial charge in [-0.2, -0.15) is 0 Å². The van der Waals surface area contributed by atoms with Crippen molar-refractivity contribution in [2.24, 2.45) is 9.98 Å². The molecule has 2 aliphatic heterocycles. The van der Waals surface area contributed by atoms with Gasteiger partial charge in [0.1, 0.15) is 5.71 Å². The molecule has 2 aromatic heterocycles. The van der Waals surface area contributed by atoms with Crippen LogP contribution in [0.1, 0.15) is 31.5 Å². The number of aliphatic imine (C=N–C) groups is 2. The van der Waals surface area contributed by atoms with Gasteiger partial charge in [-0.25, -0.2) is 4.79 Å². The second-order valence-electron chi connectivity index (χ2n) is 6.35. The summed E-state index contributed by atoms with van der Waals surface area (Å²) in [6.07, 6.45) is 12.6. The number of fused-ring (bicyclic) bond motifs is 1. The Balaban J connectivity index is 1.68. The minimum absolute atomic E-state index is 0.0972. The van der Waals surface area contributed by atoms with E-state index in [1.165, 1.54) is 0 Å². The van der Waals surface area contributed by atoms with E-state index in [0.717, 1.165) is 35.3 Å². The largest absolute Gasteiger partial charge is 0.381 e. The van der Waals surface area contributed by atoms with E-state index in [-0.39, 0.29) is 17.9 Å². The second kappa shape index (κ2) is 7.21. The molecule has 1 atom stereocenters. The number of rotatable bonds is 4. The average molecular weight is 351 g/mol. The molecule has 0 spiro atoms. The Hall–Kier alpha value is -2.80. The van der Waals surface area contributed by atoms with Crippen LogP contribution in [0.3, 0.4) is 0 Å². The number of imidazole rings is 1. The lowest BCUT2D eigenvalue weighted by Crippen LogP contribution is -2.27. The summed E-state index contributed by atoms with van der Waals surface area (Å²) in [7, 11) is 0. The number of H-pyrrole nitrogens is 1. The van der Waals surface area contributed by atoms with Gasteiger partial charge in [0, 0.05) is 19.3 Å². The summed E-state index contributed by atoms with van der Waals surface area (Å²) >= 11 is 0. The highest BCUT2D eigenvalue weighted by molar-refractivity contribution is 6.39. The fourth-order valence-electron chi connectivity index (χ4n) is 3.33. The molecule has 4 heterocycles. The van der Waals surface area contributed by atoms with E-state index in [0.29, 0.717) is 13.2 Å². The number of ether oxygens (including phenoxy) is 1. The first-order valence-electron chi connectivity index (χ1n) is 8.85. The maximum atomic E-state index is 12.4. The first-order valence-corrected chi connectivity index (χ1v) is 8.85. The summed E-state index contributed by atoms with van der Waals surface area (Å²) in [6.45, 7) is 3.33. The standard InChI is InChI=1S/C19H21N5O2/c1-2-3-4-5-18-21-11-15(22-18)14-10-17-16(12-20-14)23-19(25)24(17)13-6-8-26-9-7-13/h2-5,10-13,18H,6-9H2,1H3,(H,23,25)/b3-2-,5-4-. The molecule has 2 aromatic rings. The van der Waals surface area contributed by atoms with Crippen molar-refractivity contribution in [1.29, 1.82) is 0 Å². The van der Waals surface area contributed by atoms with Crippen LogP contribution in [0.4, 0.5) is 0 Å². The molecule has 7 nitrogen and oxygen atoms in total. The van der Waals surface area contributed by atoms with Gasteiger partial charge in [0.25, 0.3) is 0 Å². The number of hydrogen-bond donors (Lipinski definition) is 1. The van der Waals surface area contributed by atoms with Crippen molar-refractivity contribution in [2.75, 3.05) is 13.2 Å². The van der Waals surface area contributed by atoms with E-state index in [9.17, 15) is 4.79 Å². The summed E-state index contributed by atoms with van der Waals surface area (Å²) < 4.78 is 7.25. The van der Waals surface area contributed by atoms with Gasteiger partial charge in [0.2, 0.25) is 0 Å². The quantitative estimate of drug-likeness (QED) is 0.859. The molecule has 7 heteroatoms. The molecule has 134 valence electrons. The molecular weight excluding hydrogens is 330 g/mol. The molecule has 0 radical (unpaired) electrons. The van der Waals surface area contributed by atoms with Crippen LogP contribution >= 0.6 is 0 Å². The maximum absolute atomic E-state index is 12.4. The molecule has 26 heavy (non-hydrogen) atoms. The van der Waals surface area contributed by atoms with Gasteiger partial charge in [0.05, 0.1) is 29.1 Å². The highest BCUT2D eigenvalue weighted by Gasteiger charge is 2.21. The van der Waals surface area contributed by atoms with E-state index in [4.69, 9.17) is 4.74 Å². The molecule has 0 amide bonds. The molecule has 1 fully saturated rings. The molecule has 2 aliphatic rings. The van der Waals surface area contributed by atoms with Crippen LogP contribution in [0.5, 0.6) is 0 Å². The van der Waals surface area contributed by atoms with E-state index in [1.807, 2.05) is 41.9 Å². The fraction of sp³-hybridized carbons (Fsp3) is 0.368. The number of nitrogens with one attached hydrogen (secondary N) is 1. The zero-order valence-corrected chi connectivity index (χ0v) is 14.6. The first kappa shape index (κ1) is 16.7. The summed E-state index contributed by atoms with van der Waals surface area (Å²) in [6, 6.07) is 2.07. The Kier molecular flexibility index (Phi) is 4.62. The SMILES string of the molecule is C/C=C\C=C/C1N=CC(c2cc3c(cn2)[nH]c(=O)n3C2CCOCC2)=N1. The van der Waals surface area contributed by atoms with E-state index >= 15 is 0 Å². The predicted octanol–water partition coefficient (Wildman–Crippen LogP) is 2.41. The van der Waals surface area contributed by atoms with Crippen molar-refractivity contribution in [1.82, 2.24) is 14.5 Å². The van der Waals surface area contributed by atoms with E-state index < -0.39 is 0 Å². The van der Waals surface area contributed by atoms with Gasteiger partial charge >= 0.3 is 5.69 Å². The van der Waals surface area contributed by atoms with Gasteiger partial charge in [-0.15, -0.1) is 0 Å². The Morgan fingerprint density at radius 3 is 2.96 bits per heavy atom. The molecular formula is C19H21N5O2. The zero-order valence-electron chi connectivity index (χ0n) is 14.6. The molecule has 0 aliphatic carbocycles. The number of allylic oxidation sites excluding steroid dienone is 3. The normalized spacial score (nSPS) is 21.4. The lowest BCUT2D eigenvalue weighted by Gasteiger charge is -2.23. The van der Waals surface area contributed by atoms with Crippen molar-refractivity contribution >= 4 is 23.0 Å². The van der Waals surface area contributed by atoms with Crippen LogP contribution in [0, 0.1) is 0 Å². The number of aromatic nitrogens is 3. The fourth-order valence-corrected chi connectivity index (χ4v) is 3.33. The number of hydrogen-bond acceptors (Lipinski definition) is 5. The molecule has 1 saturated heterocycles. The van der Waals surface area contributed by atoms with Crippen LogP contribution in [0.15, 0.2) is 51.3 Å². The smallest absolute Gasteiger partial charge is 0.326 e. The van der Waals surface area contributed by atoms with Gasteiger partial charge in [-0.3, -0.25) is 19.5 Å². The minimum Gasteiger partial charge on any atom is -0.381 e. The third-order valence-corrected chi connectivity index (χ3v) is 4.63. The van der Waals surface area contributed by atoms with Crippen LogP contribution in [0.2, 0.25) is 0 Å². The number of pyridine rings is 1. The van der Waals surface area contributed by atoms with Crippen molar-refractivity contribution in [3.8, 4) is 0 Å². The van der Waals surface area contributed by atoms with Crippen molar-refractivity contribution in [3.63, 3.8) is 0 Å². The number of aromatic amines is 1. The van der Waals surface area contributed by atoms with Gasteiger partial charge in [-0.05, 0) is 31.9 Å². The number of nitrogens with zero attached hydrogens (tertiary/aromatic N) is 4. The summed E-state index contributed by atoms with van der Waals surface area (Å²) in [5, 5.41) is 0. The molecule has 1 N–H and O–H groups in total. The van der Waals surface area contributed by atoms with Gasteiger partial charge in [0.15, 0.2) is 6.17 Å². The molecule has 0 bridgehead atoms. The summed E-state index contributed by atoms with van der Waals surface area (Å²) in [5.74, 6) is 0. The lowest BCUT2D eigenvalue weighted by molar-refractivity contribution is 0.0698. The zero-order chi connectivity index (χ0) is 17.9. The second-order valence-corrected chi connectivity index (χ2v) is 6.35. The van der Waals surface area contributed by atoms with Crippen LogP contribution in [-0.2, 0) is 4.74 Å². The van der Waals surface area contributed by atoms with Crippen LogP contribution < -0.4 is 5.69 Å². The van der Waals surface area contributed by atoms with Crippen molar-refractivity contribution in [3.05, 3.63) is 52.7 Å². The predicted molar refractivity (Wildman–Crippen MR) is 102 cm³/mol. The topological polar surface area (TPSA) is 84.6 Å². The van der Waals surface area contributed by atoms with E-state index in [1.54, 1.807) is 12.4 Å². The third kappa shape index (κ3) is 3.17. The molecule has 0 saturated carbocycles. The maximum Gasteiger partial charge on any atom is 0.326 e. The molecule has 1 unspecified atom stereocenters. The summed E-state index contributed by atoms with van der Waals surface area (Å²) in [5.41, 5.74) is 2.96. The minimum atomic E-state index is -0.220. The molecule has 0 aromatic carbocycles. The lowest BCUT2D eigenvalue weighted by atomic mass is 10.1. The van der Waals surface area contributed by atoms with Crippen LogP contribution in [-0.4, -0.2) is 45.8 Å². The molecule has 4 rings (SSSR count). The summed E-state index contributed by atoms with van der Waals surface area (Å²) in [4.78, 5) is 28.7. The van der Waals surface area contributed by atoms with Crippen molar-refractivity contribution < 1.29 is 4.74 Å². The Morgan fingerprint density at radius 1 is 1.31 bits per heavy atom. The average Bonchev–Trinajstić information content (AvgIpc) is 3.25. The first-order chi connectivity index (χ1) is 12.8. The van der Waals surface area contributed by atoms with Gasteiger partial charge in [-0.1, -0.05) is 18.2 Å². The highest BCUT2D eigenvalue weighted by Crippen LogP contribution is 2.24. The Bertz CT molecular complexity index is 973. The van der Waals surface area contributed by atoms with Crippen molar-refractivity contribution in [2.45, 2.75) is 32.0 Å².